The number of rotatable bonds is 9. The molecule has 2 fully saturated rings. The fourth-order valence-corrected chi connectivity index (χ4v) is 6.03. The van der Waals surface area contributed by atoms with Gasteiger partial charge in [-0.2, -0.15) is 14.5 Å². The Morgan fingerprint density at radius 3 is 2.41 bits per heavy atom. The highest BCUT2D eigenvalue weighted by molar-refractivity contribution is 7.89. The maximum atomic E-state index is 13.1. The average molecular weight is 633 g/mol. The van der Waals surface area contributed by atoms with Crippen molar-refractivity contribution < 1.29 is 31.8 Å². The minimum Gasteiger partial charge on any atom is -0.505 e. The van der Waals surface area contributed by atoms with Crippen LogP contribution in [0.5, 0.6) is 17.4 Å². The number of amides is 1. The van der Waals surface area contributed by atoms with Crippen LogP contribution in [0.15, 0.2) is 38.9 Å². The predicted molar refractivity (Wildman–Crippen MR) is 139 cm³/mol. The molecule has 5 rings (SSSR count). The second-order valence-electron chi connectivity index (χ2n) is 9.48. The van der Waals surface area contributed by atoms with E-state index in [1.807, 2.05) is 0 Å². The zero-order valence-corrected chi connectivity index (χ0v) is 23.0. The van der Waals surface area contributed by atoms with Gasteiger partial charge in [0.1, 0.15) is 10.4 Å². The van der Waals surface area contributed by atoms with Gasteiger partial charge in [-0.25, -0.2) is 27.0 Å². The van der Waals surface area contributed by atoms with E-state index in [9.17, 15) is 36.7 Å². The molecule has 0 atom stereocenters. The molecule has 0 unspecified atom stereocenters. The third kappa shape index (κ3) is 5.77. The van der Waals surface area contributed by atoms with Crippen molar-refractivity contribution in [2.24, 2.45) is 0 Å². The summed E-state index contributed by atoms with van der Waals surface area (Å²) < 4.78 is 60.9. The normalized spacial score (nSPS) is 16.3. The minimum absolute atomic E-state index is 0.00430. The summed E-state index contributed by atoms with van der Waals surface area (Å²) in [5.74, 6) is -1.79. The molecule has 1 aromatic carbocycles. The molecule has 0 bridgehead atoms. The van der Waals surface area contributed by atoms with Crippen molar-refractivity contribution in [2.75, 3.05) is 0 Å². The van der Waals surface area contributed by atoms with Gasteiger partial charge in [0.15, 0.2) is 17.2 Å². The highest BCUT2D eigenvalue weighted by Gasteiger charge is 2.53. The largest absolute Gasteiger partial charge is 0.505 e. The Balaban J connectivity index is 1.41. The summed E-state index contributed by atoms with van der Waals surface area (Å²) in [4.78, 5) is 41.3. The van der Waals surface area contributed by atoms with Gasteiger partial charge in [0.2, 0.25) is 21.8 Å². The molecular formula is C23H20Cl2F2N6O7S. The van der Waals surface area contributed by atoms with Gasteiger partial charge in [0.05, 0.1) is 21.9 Å². The van der Waals surface area contributed by atoms with E-state index >= 15 is 0 Å². The highest BCUT2D eigenvalue weighted by atomic mass is 35.5. The number of benzene rings is 1. The number of carbonyl (C=O) groups is 1. The molecule has 4 N–H and O–H groups in total. The number of hydrogen-bond acceptors (Lipinski definition) is 9. The Labute approximate surface area is 239 Å². The van der Waals surface area contributed by atoms with Crippen LogP contribution in [0.3, 0.4) is 0 Å². The monoisotopic (exact) mass is 632 g/mol. The van der Waals surface area contributed by atoms with Crippen molar-refractivity contribution in [1.82, 2.24) is 29.8 Å². The second-order valence-corrected chi connectivity index (χ2v) is 11.9. The SMILES string of the molecule is O=C(NC1CCC1)C1(NS(=O)(=O)c2cc(Oc3c(Cl)cc(-n4nc(C(F)F)c(=O)[nH]c4=O)cc3Cl)ncc2O)CC1. The van der Waals surface area contributed by atoms with Crippen molar-refractivity contribution in [1.29, 1.82) is 0 Å². The molecule has 2 saturated carbocycles. The van der Waals surface area contributed by atoms with Gasteiger partial charge in [0, 0.05) is 12.1 Å². The number of carbonyl (C=O) groups excluding carboxylic acids is 1. The molecule has 2 aliphatic carbocycles. The van der Waals surface area contributed by atoms with Crippen molar-refractivity contribution in [3.8, 4) is 23.1 Å². The highest BCUT2D eigenvalue weighted by Crippen LogP contribution is 2.41. The molecule has 3 aromatic rings. The lowest BCUT2D eigenvalue weighted by molar-refractivity contribution is -0.124. The average Bonchev–Trinajstić information content (AvgIpc) is 3.64. The molecule has 2 heterocycles. The molecule has 2 aliphatic rings. The number of halogens is 4. The van der Waals surface area contributed by atoms with E-state index in [0.29, 0.717) is 4.68 Å². The summed E-state index contributed by atoms with van der Waals surface area (Å²) in [6, 6.07) is 3.04. The first-order valence-electron chi connectivity index (χ1n) is 12.0. The Hall–Kier alpha value is -3.60. The van der Waals surface area contributed by atoms with Gasteiger partial charge in [-0.3, -0.25) is 14.6 Å². The summed E-state index contributed by atoms with van der Waals surface area (Å²) in [5.41, 5.74) is -5.23. The molecule has 218 valence electrons. The van der Waals surface area contributed by atoms with E-state index in [2.05, 4.69) is 20.1 Å². The van der Waals surface area contributed by atoms with Gasteiger partial charge >= 0.3 is 5.69 Å². The number of nitrogens with zero attached hydrogens (tertiary/aromatic N) is 3. The number of aromatic hydroxyl groups is 1. The first-order valence-corrected chi connectivity index (χ1v) is 14.3. The number of nitrogens with one attached hydrogen (secondary N) is 3. The quantitative estimate of drug-likeness (QED) is 0.275. The topological polar surface area (TPSA) is 185 Å². The van der Waals surface area contributed by atoms with Crippen LogP contribution in [0.4, 0.5) is 8.78 Å². The van der Waals surface area contributed by atoms with Crippen molar-refractivity contribution >= 4 is 39.1 Å². The fraction of sp³-hybridized carbons (Fsp3) is 0.348. The number of aromatic nitrogens is 4. The number of alkyl halides is 2. The van der Waals surface area contributed by atoms with Crippen LogP contribution < -0.4 is 26.0 Å². The Morgan fingerprint density at radius 1 is 1.20 bits per heavy atom. The number of H-pyrrole nitrogens is 1. The molecule has 18 heteroatoms. The van der Waals surface area contributed by atoms with Crippen LogP contribution in [-0.2, 0) is 14.8 Å². The summed E-state index contributed by atoms with van der Waals surface area (Å²) in [6.07, 6.45) is 0.724. The molecule has 0 aliphatic heterocycles. The third-order valence-electron chi connectivity index (χ3n) is 6.56. The third-order valence-corrected chi connectivity index (χ3v) is 8.69. The lowest BCUT2D eigenvalue weighted by Gasteiger charge is -2.28. The van der Waals surface area contributed by atoms with Gasteiger partial charge in [-0.15, -0.1) is 0 Å². The smallest absolute Gasteiger partial charge is 0.349 e. The molecule has 0 saturated heterocycles. The van der Waals surface area contributed by atoms with E-state index in [1.165, 1.54) is 0 Å². The molecule has 13 nitrogen and oxygen atoms in total. The number of sulfonamides is 1. The van der Waals surface area contributed by atoms with Crippen molar-refractivity contribution in [3.05, 3.63) is 61.0 Å². The Morgan fingerprint density at radius 2 is 1.85 bits per heavy atom. The van der Waals surface area contributed by atoms with Crippen LogP contribution in [0.25, 0.3) is 5.69 Å². The maximum absolute atomic E-state index is 13.1. The number of ether oxygens (including phenoxy) is 1. The molecular weight excluding hydrogens is 613 g/mol. The number of pyridine rings is 1. The molecule has 0 spiro atoms. The fourth-order valence-electron chi connectivity index (χ4n) is 3.97. The second kappa shape index (κ2) is 10.7. The van der Waals surface area contributed by atoms with Crippen LogP contribution >= 0.6 is 23.2 Å². The summed E-state index contributed by atoms with van der Waals surface area (Å²) in [5, 5.41) is 15.9. The molecule has 1 amide bonds. The van der Waals surface area contributed by atoms with E-state index in [-0.39, 0.29) is 46.2 Å². The first kappa shape index (κ1) is 28.9. The van der Waals surface area contributed by atoms with E-state index in [0.717, 1.165) is 43.7 Å². The predicted octanol–water partition coefficient (Wildman–Crippen LogP) is 2.54. The summed E-state index contributed by atoms with van der Waals surface area (Å²) in [7, 11) is -4.44. The van der Waals surface area contributed by atoms with E-state index < -0.39 is 55.5 Å². The van der Waals surface area contributed by atoms with Gasteiger partial charge < -0.3 is 15.2 Å². The van der Waals surface area contributed by atoms with Gasteiger partial charge in [-0.05, 0) is 44.2 Å². The number of hydrogen-bond donors (Lipinski definition) is 4. The molecule has 0 radical (unpaired) electrons. The van der Waals surface area contributed by atoms with E-state index in [1.54, 1.807) is 4.98 Å². The Kier molecular flexibility index (Phi) is 7.52. The van der Waals surface area contributed by atoms with Gasteiger partial charge in [0.25, 0.3) is 12.0 Å². The Bertz CT molecular complexity index is 1750. The lowest BCUT2D eigenvalue weighted by Crippen LogP contribution is -2.52. The van der Waals surface area contributed by atoms with Crippen LogP contribution in [0.2, 0.25) is 10.0 Å². The zero-order valence-electron chi connectivity index (χ0n) is 20.7. The summed E-state index contributed by atoms with van der Waals surface area (Å²) >= 11 is 12.5. The van der Waals surface area contributed by atoms with Crippen LogP contribution in [-0.4, -0.2) is 50.8 Å². The molecule has 2 aromatic heterocycles. The van der Waals surface area contributed by atoms with E-state index in [4.69, 9.17) is 27.9 Å². The lowest BCUT2D eigenvalue weighted by atomic mass is 9.93. The van der Waals surface area contributed by atoms with Crippen LogP contribution in [0, 0.1) is 0 Å². The van der Waals surface area contributed by atoms with Gasteiger partial charge in [-0.1, -0.05) is 23.2 Å². The van der Waals surface area contributed by atoms with Crippen molar-refractivity contribution in [2.45, 2.75) is 55.0 Å². The standard InChI is InChI=1S/C23H20Cl2F2N6O7S/c24-12-6-11(33-22(37)30-20(35)17(31-33)19(26)27)7-13(25)18(12)40-16-8-15(14(34)9-28-16)41(38,39)32-23(4-5-23)21(36)29-10-2-1-3-10/h6-10,19,32,34H,1-5H2,(H,29,36)(H,30,35,37). The summed E-state index contributed by atoms with van der Waals surface area (Å²) in [6.45, 7) is 0. The zero-order chi connectivity index (χ0) is 29.7. The number of aromatic amines is 1. The minimum atomic E-state index is -4.44. The van der Waals surface area contributed by atoms with Crippen molar-refractivity contribution in [3.63, 3.8) is 0 Å². The van der Waals surface area contributed by atoms with Crippen LogP contribution in [0.1, 0.15) is 44.2 Å². The first-order chi connectivity index (χ1) is 19.3. The maximum Gasteiger partial charge on any atom is 0.349 e. The molecule has 41 heavy (non-hydrogen) atoms.